The van der Waals surface area contributed by atoms with Gasteiger partial charge in [-0.3, -0.25) is 4.79 Å². The summed E-state index contributed by atoms with van der Waals surface area (Å²) in [5.41, 5.74) is -1.45. The zero-order valence-electron chi connectivity index (χ0n) is 10.9. The molecule has 4 unspecified atom stereocenters. The molecule has 0 aromatic rings. The summed E-state index contributed by atoms with van der Waals surface area (Å²) in [6.45, 7) is 1.27. The minimum atomic E-state index is -1.45. The summed E-state index contributed by atoms with van der Waals surface area (Å²) < 4.78 is 5.61. The maximum atomic E-state index is 11.7. The van der Waals surface area contributed by atoms with Crippen LogP contribution in [0.15, 0.2) is 0 Å². The molecule has 0 aliphatic carbocycles. The molecule has 0 spiro atoms. The fraction of sp³-hybridized carbons (Fsp3) is 0.833. The summed E-state index contributed by atoms with van der Waals surface area (Å²) in [5, 5.41) is 23.7. The Labute approximate surface area is 111 Å². The van der Waals surface area contributed by atoms with Gasteiger partial charge >= 0.3 is 12.0 Å². The maximum Gasteiger partial charge on any atom is 0.315 e. The Bertz CT molecular complexity index is 371. The van der Waals surface area contributed by atoms with Gasteiger partial charge in [-0.15, -0.1) is 0 Å². The van der Waals surface area contributed by atoms with E-state index < -0.39 is 24.0 Å². The van der Waals surface area contributed by atoms with Gasteiger partial charge in [-0.1, -0.05) is 0 Å². The van der Waals surface area contributed by atoms with Crippen molar-refractivity contribution in [2.45, 2.75) is 56.5 Å². The molecule has 0 radical (unpaired) electrons. The largest absolute Gasteiger partial charge is 0.481 e. The second kappa shape index (κ2) is 5.34. The SMILES string of the molecule is CC(O)(CNC(=O)NC1CC2CCC1O2)CC(=O)O. The van der Waals surface area contributed by atoms with Gasteiger partial charge in [0.15, 0.2) is 0 Å². The summed E-state index contributed by atoms with van der Waals surface area (Å²) in [6, 6.07) is -0.380. The molecule has 4 atom stereocenters. The number of nitrogens with one attached hydrogen (secondary N) is 2. The van der Waals surface area contributed by atoms with Gasteiger partial charge in [0.25, 0.3) is 0 Å². The predicted molar refractivity (Wildman–Crippen MR) is 65.7 cm³/mol. The van der Waals surface area contributed by atoms with Gasteiger partial charge in [-0.25, -0.2) is 4.79 Å². The number of ether oxygens (including phenoxy) is 1. The highest BCUT2D eigenvalue weighted by atomic mass is 16.5. The predicted octanol–water partition coefficient (Wildman–Crippen LogP) is -0.169. The standard InChI is InChI=1S/C12H20N2O5/c1-12(18,5-10(15)16)6-13-11(17)14-8-4-7-2-3-9(8)19-7/h7-9,18H,2-6H2,1H3,(H,15,16)(H2,13,14,17). The van der Waals surface area contributed by atoms with Crippen LogP contribution in [0.4, 0.5) is 4.79 Å². The molecule has 4 N–H and O–H groups in total. The van der Waals surface area contributed by atoms with Crippen molar-refractivity contribution < 1.29 is 24.5 Å². The minimum absolute atomic E-state index is 0.0168. The molecule has 2 heterocycles. The number of urea groups is 1. The van der Waals surface area contributed by atoms with Crippen LogP contribution in [-0.2, 0) is 9.53 Å². The molecule has 108 valence electrons. The van der Waals surface area contributed by atoms with Crippen LogP contribution in [0.2, 0.25) is 0 Å². The second-order valence-corrected chi connectivity index (χ2v) is 5.61. The lowest BCUT2D eigenvalue weighted by Crippen LogP contribution is -2.50. The molecule has 2 aliphatic rings. The van der Waals surface area contributed by atoms with Crippen LogP contribution >= 0.6 is 0 Å². The summed E-state index contributed by atoms with van der Waals surface area (Å²) in [5.74, 6) is -1.10. The third kappa shape index (κ3) is 3.81. The van der Waals surface area contributed by atoms with Crippen LogP contribution < -0.4 is 10.6 Å². The highest BCUT2D eigenvalue weighted by molar-refractivity contribution is 5.74. The zero-order valence-corrected chi connectivity index (χ0v) is 10.9. The number of hydrogen-bond donors (Lipinski definition) is 4. The Kier molecular flexibility index (Phi) is 3.96. The lowest BCUT2D eigenvalue weighted by Gasteiger charge is -2.24. The van der Waals surface area contributed by atoms with Crippen LogP contribution in [0.1, 0.15) is 32.6 Å². The first-order valence-corrected chi connectivity index (χ1v) is 6.50. The van der Waals surface area contributed by atoms with Crippen molar-refractivity contribution in [1.29, 1.82) is 0 Å². The van der Waals surface area contributed by atoms with Crippen LogP contribution in [0.3, 0.4) is 0 Å². The van der Waals surface area contributed by atoms with Gasteiger partial charge < -0.3 is 25.6 Å². The highest BCUT2D eigenvalue weighted by Crippen LogP contribution is 2.34. The first kappa shape index (κ1) is 14.1. The molecular weight excluding hydrogens is 252 g/mol. The maximum absolute atomic E-state index is 11.7. The number of carbonyl (C=O) groups is 2. The van der Waals surface area contributed by atoms with Crippen LogP contribution in [-0.4, -0.2) is 52.6 Å². The fourth-order valence-corrected chi connectivity index (χ4v) is 2.67. The third-order valence-corrected chi connectivity index (χ3v) is 3.58. The molecule has 0 aromatic heterocycles. The van der Waals surface area contributed by atoms with Crippen LogP contribution in [0, 0.1) is 0 Å². The van der Waals surface area contributed by atoms with Gasteiger partial charge in [0, 0.05) is 6.54 Å². The van der Waals surface area contributed by atoms with Crippen molar-refractivity contribution in [3.05, 3.63) is 0 Å². The van der Waals surface area contributed by atoms with E-state index in [0.29, 0.717) is 0 Å². The average Bonchev–Trinajstić information content (AvgIpc) is 2.86. The molecule has 2 rings (SSSR count). The van der Waals surface area contributed by atoms with Crippen molar-refractivity contribution in [1.82, 2.24) is 10.6 Å². The van der Waals surface area contributed by atoms with E-state index in [-0.39, 0.29) is 24.8 Å². The third-order valence-electron chi connectivity index (χ3n) is 3.58. The Hall–Kier alpha value is -1.34. The van der Waals surface area contributed by atoms with Crippen LogP contribution in [0.25, 0.3) is 0 Å². The number of hydrogen-bond acceptors (Lipinski definition) is 4. The van der Waals surface area contributed by atoms with Crippen molar-refractivity contribution in [3.63, 3.8) is 0 Å². The van der Waals surface area contributed by atoms with Gasteiger partial charge in [-0.05, 0) is 26.2 Å². The lowest BCUT2D eigenvalue weighted by atomic mass is 9.96. The van der Waals surface area contributed by atoms with Crippen molar-refractivity contribution in [3.8, 4) is 0 Å². The van der Waals surface area contributed by atoms with Crippen LogP contribution in [0.5, 0.6) is 0 Å². The topological polar surface area (TPSA) is 108 Å². The zero-order chi connectivity index (χ0) is 14.0. The summed E-state index contributed by atoms with van der Waals surface area (Å²) >= 11 is 0. The number of rotatable bonds is 5. The van der Waals surface area contributed by atoms with E-state index in [1.165, 1.54) is 6.92 Å². The summed E-state index contributed by atoms with van der Waals surface area (Å²) in [4.78, 5) is 22.2. The monoisotopic (exact) mass is 272 g/mol. The molecule has 0 saturated carbocycles. The van der Waals surface area contributed by atoms with Gasteiger partial charge in [0.05, 0.1) is 30.3 Å². The van der Waals surface area contributed by atoms with Crippen molar-refractivity contribution in [2.24, 2.45) is 0 Å². The molecule has 7 nitrogen and oxygen atoms in total. The molecule has 2 fully saturated rings. The molecule has 7 heteroatoms. The second-order valence-electron chi connectivity index (χ2n) is 5.61. The average molecular weight is 272 g/mol. The minimum Gasteiger partial charge on any atom is -0.481 e. The number of aliphatic carboxylic acids is 1. The van der Waals surface area contributed by atoms with Gasteiger partial charge in [0.2, 0.25) is 0 Å². The van der Waals surface area contributed by atoms with E-state index in [0.717, 1.165) is 19.3 Å². The van der Waals surface area contributed by atoms with Crippen molar-refractivity contribution in [2.75, 3.05) is 6.54 Å². The van der Waals surface area contributed by atoms with E-state index in [9.17, 15) is 14.7 Å². The van der Waals surface area contributed by atoms with Gasteiger partial charge in [-0.2, -0.15) is 0 Å². The Morgan fingerprint density at radius 3 is 2.68 bits per heavy atom. The normalized spacial score (nSPS) is 31.8. The highest BCUT2D eigenvalue weighted by Gasteiger charge is 2.41. The quantitative estimate of drug-likeness (QED) is 0.556. The molecule has 2 aliphatic heterocycles. The Morgan fingerprint density at radius 1 is 1.42 bits per heavy atom. The first-order chi connectivity index (χ1) is 8.85. The number of carboxylic acids is 1. The summed E-state index contributed by atoms with van der Waals surface area (Å²) in [7, 11) is 0. The summed E-state index contributed by atoms with van der Waals surface area (Å²) in [6.07, 6.45) is 2.78. The smallest absolute Gasteiger partial charge is 0.315 e. The number of amides is 2. The van der Waals surface area contributed by atoms with E-state index in [1.54, 1.807) is 0 Å². The van der Waals surface area contributed by atoms with E-state index in [2.05, 4.69) is 10.6 Å². The van der Waals surface area contributed by atoms with E-state index in [1.807, 2.05) is 0 Å². The molecule has 2 bridgehead atoms. The van der Waals surface area contributed by atoms with E-state index >= 15 is 0 Å². The first-order valence-electron chi connectivity index (χ1n) is 6.50. The molecule has 2 saturated heterocycles. The van der Waals surface area contributed by atoms with Crippen molar-refractivity contribution >= 4 is 12.0 Å². The molecule has 19 heavy (non-hydrogen) atoms. The number of aliphatic hydroxyl groups is 1. The van der Waals surface area contributed by atoms with E-state index in [4.69, 9.17) is 9.84 Å². The van der Waals surface area contributed by atoms with Gasteiger partial charge in [0.1, 0.15) is 0 Å². The number of carboxylic acid groups (broad SMARTS) is 1. The number of fused-ring (bicyclic) bond motifs is 2. The molecule has 0 aromatic carbocycles. The number of carbonyl (C=O) groups excluding carboxylic acids is 1. The lowest BCUT2D eigenvalue weighted by molar-refractivity contribution is -0.141. The Balaban J connectivity index is 1.71. The Morgan fingerprint density at radius 2 is 2.16 bits per heavy atom. The molecular formula is C12H20N2O5. The molecule has 2 amide bonds. The fourth-order valence-electron chi connectivity index (χ4n) is 2.67.